The van der Waals surface area contributed by atoms with Crippen LogP contribution in [0.5, 0.6) is 0 Å². The van der Waals surface area contributed by atoms with Gasteiger partial charge in [0.2, 0.25) is 0 Å². The van der Waals surface area contributed by atoms with Crippen LogP contribution in [0.3, 0.4) is 0 Å². The molecule has 1 aliphatic rings. The number of rotatable bonds is 5. The molecule has 9 heteroatoms. The predicted molar refractivity (Wildman–Crippen MR) is 130 cm³/mol. The zero-order valence-electron chi connectivity index (χ0n) is 19.5. The Morgan fingerprint density at radius 1 is 1.18 bits per heavy atom. The van der Waals surface area contributed by atoms with Gasteiger partial charge in [0.15, 0.2) is 11.4 Å². The standard InChI is InChI=1S/C25H27N7O2/c1-25(2,3)22(33)19-14-28-23-21(19)31-20(15-29-23)30-18-6-4-16(5-7-18)12-17(13-26)24(34)32-10-8-27-9-11-32/h4-7,12,14-15,27H,8-11H2,1-3H3,(H,28,29)(H,30,31)/b17-12+. The highest BCUT2D eigenvalue weighted by Gasteiger charge is 2.26. The van der Waals surface area contributed by atoms with Crippen LogP contribution >= 0.6 is 0 Å². The molecule has 0 spiro atoms. The van der Waals surface area contributed by atoms with E-state index in [0.717, 1.165) is 24.3 Å². The van der Waals surface area contributed by atoms with Crippen LogP contribution in [0.2, 0.25) is 0 Å². The molecule has 1 fully saturated rings. The largest absolute Gasteiger partial charge is 0.344 e. The number of nitrogens with one attached hydrogen (secondary N) is 3. The molecule has 1 aromatic carbocycles. The third-order valence-electron chi connectivity index (χ3n) is 5.56. The Morgan fingerprint density at radius 2 is 1.88 bits per heavy atom. The smallest absolute Gasteiger partial charge is 0.264 e. The Bertz CT molecular complexity index is 1290. The Balaban J connectivity index is 1.51. The molecule has 0 saturated carbocycles. The highest BCUT2D eigenvalue weighted by atomic mass is 16.2. The number of amides is 1. The summed E-state index contributed by atoms with van der Waals surface area (Å²) >= 11 is 0. The number of anilines is 2. The highest BCUT2D eigenvalue weighted by molar-refractivity contribution is 6.08. The van der Waals surface area contributed by atoms with E-state index in [2.05, 4.69) is 25.6 Å². The number of aromatic amines is 1. The Labute approximate surface area is 197 Å². The summed E-state index contributed by atoms with van der Waals surface area (Å²) in [6.45, 7) is 8.26. The van der Waals surface area contributed by atoms with Gasteiger partial charge in [-0.25, -0.2) is 9.97 Å². The molecule has 3 heterocycles. The van der Waals surface area contributed by atoms with E-state index in [1.807, 2.05) is 51.1 Å². The number of benzene rings is 1. The van der Waals surface area contributed by atoms with Crippen molar-refractivity contribution >= 4 is 40.4 Å². The van der Waals surface area contributed by atoms with Crippen molar-refractivity contribution in [2.45, 2.75) is 20.8 Å². The number of ketones is 1. The molecule has 0 bridgehead atoms. The van der Waals surface area contributed by atoms with Gasteiger partial charge in [-0.1, -0.05) is 32.9 Å². The lowest BCUT2D eigenvalue weighted by Gasteiger charge is -2.27. The zero-order valence-corrected chi connectivity index (χ0v) is 19.5. The zero-order chi connectivity index (χ0) is 24.3. The predicted octanol–water partition coefficient (Wildman–Crippen LogP) is 3.27. The van der Waals surface area contributed by atoms with Crippen LogP contribution in [-0.2, 0) is 4.79 Å². The molecule has 0 aliphatic carbocycles. The molecule has 174 valence electrons. The SMILES string of the molecule is CC(C)(C)C(=O)c1c[nH]c2ncc(Nc3ccc(/C=C(\C#N)C(=O)N4CCNCC4)cc3)nc12. The van der Waals surface area contributed by atoms with Crippen LogP contribution in [0.1, 0.15) is 36.7 Å². The van der Waals surface area contributed by atoms with Crippen molar-refractivity contribution in [1.82, 2.24) is 25.2 Å². The average Bonchev–Trinajstić information content (AvgIpc) is 3.25. The van der Waals surface area contributed by atoms with Gasteiger partial charge in [-0.15, -0.1) is 0 Å². The van der Waals surface area contributed by atoms with Crippen molar-refractivity contribution in [1.29, 1.82) is 5.26 Å². The summed E-state index contributed by atoms with van der Waals surface area (Å²) in [6, 6.07) is 9.34. The number of carbonyl (C=O) groups excluding carboxylic acids is 2. The third kappa shape index (κ3) is 4.97. The lowest BCUT2D eigenvalue weighted by molar-refractivity contribution is -0.127. The van der Waals surface area contributed by atoms with Gasteiger partial charge in [0, 0.05) is 43.5 Å². The molecule has 2 aromatic heterocycles. The van der Waals surface area contributed by atoms with Gasteiger partial charge in [0.1, 0.15) is 23.0 Å². The topological polar surface area (TPSA) is 127 Å². The number of H-pyrrole nitrogens is 1. The average molecular weight is 458 g/mol. The third-order valence-corrected chi connectivity index (χ3v) is 5.56. The number of aromatic nitrogens is 3. The molecule has 1 aliphatic heterocycles. The normalized spacial score (nSPS) is 14.6. The molecule has 3 aromatic rings. The summed E-state index contributed by atoms with van der Waals surface area (Å²) < 4.78 is 0. The second-order valence-electron chi connectivity index (χ2n) is 9.19. The Hall–Kier alpha value is -4.03. The Morgan fingerprint density at radius 3 is 2.53 bits per heavy atom. The summed E-state index contributed by atoms with van der Waals surface area (Å²) in [4.78, 5) is 39.0. The molecule has 34 heavy (non-hydrogen) atoms. The molecule has 1 saturated heterocycles. The van der Waals surface area contributed by atoms with Gasteiger partial charge in [-0.3, -0.25) is 9.59 Å². The van der Waals surface area contributed by atoms with Gasteiger partial charge in [0.05, 0.1) is 11.8 Å². The first-order valence-corrected chi connectivity index (χ1v) is 11.1. The first kappa shape index (κ1) is 23.1. The highest BCUT2D eigenvalue weighted by Crippen LogP contribution is 2.26. The second-order valence-corrected chi connectivity index (χ2v) is 9.19. The lowest BCUT2D eigenvalue weighted by atomic mass is 9.87. The maximum atomic E-state index is 12.7. The minimum Gasteiger partial charge on any atom is -0.344 e. The second kappa shape index (κ2) is 9.45. The number of carbonyl (C=O) groups is 2. The van der Waals surface area contributed by atoms with Crippen molar-refractivity contribution in [3.63, 3.8) is 0 Å². The number of hydrogen-bond donors (Lipinski definition) is 3. The van der Waals surface area contributed by atoms with E-state index in [4.69, 9.17) is 0 Å². The number of hydrogen-bond acceptors (Lipinski definition) is 7. The Kier molecular flexibility index (Phi) is 6.43. The van der Waals surface area contributed by atoms with Gasteiger partial charge in [0.25, 0.3) is 5.91 Å². The minimum absolute atomic E-state index is 0.00926. The van der Waals surface area contributed by atoms with Crippen molar-refractivity contribution in [2.75, 3.05) is 31.5 Å². The molecule has 4 rings (SSSR count). The van der Waals surface area contributed by atoms with Gasteiger partial charge < -0.3 is 20.5 Å². The summed E-state index contributed by atoms with van der Waals surface area (Å²) in [7, 11) is 0. The van der Waals surface area contributed by atoms with Crippen LogP contribution in [0.4, 0.5) is 11.5 Å². The van der Waals surface area contributed by atoms with E-state index in [0.29, 0.717) is 35.6 Å². The fourth-order valence-electron chi connectivity index (χ4n) is 3.69. The van der Waals surface area contributed by atoms with Crippen molar-refractivity contribution in [3.8, 4) is 6.07 Å². The lowest BCUT2D eigenvalue weighted by Crippen LogP contribution is -2.46. The molecule has 3 N–H and O–H groups in total. The van der Waals surface area contributed by atoms with Gasteiger partial charge in [-0.05, 0) is 23.8 Å². The number of piperazine rings is 1. The fraction of sp³-hybridized carbons (Fsp3) is 0.320. The van der Waals surface area contributed by atoms with Crippen LogP contribution in [0.15, 0.2) is 42.2 Å². The maximum Gasteiger partial charge on any atom is 0.264 e. The quantitative estimate of drug-likeness (QED) is 0.305. The molecule has 1 amide bonds. The van der Waals surface area contributed by atoms with E-state index < -0.39 is 5.41 Å². The molecule has 0 radical (unpaired) electrons. The van der Waals surface area contributed by atoms with Crippen LogP contribution in [0, 0.1) is 16.7 Å². The number of Topliss-reactive ketones (excluding diaryl/α,β-unsaturated/α-hetero) is 1. The van der Waals surface area contributed by atoms with E-state index in [1.165, 1.54) is 0 Å². The molecule has 0 atom stereocenters. The molecular formula is C25H27N7O2. The number of nitrogens with zero attached hydrogens (tertiary/aromatic N) is 4. The van der Waals surface area contributed by atoms with Crippen molar-refractivity contribution in [2.24, 2.45) is 5.41 Å². The molecule has 0 unspecified atom stereocenters. The number of nitriles is 1. The van der Waals surface area contributed by atoms with E-state index in [9.17, 15) is 14.9 Å². The van der Waals surface area contributed by atoms with Crippen LogP contribution < -0.4 is 10.6 Å². The van der Waals surface area contributed by atoms with Gasteiger partial charge >= 0.3 is 0 Å². The van der Waals surface area contributed by atoms with E-state index >= 15 is 0 Å². The monoisotopic (exact) mass is 457 g/mol. The van der Waals surface area contributed by atoms with E-state index in [-0.39, 0.29) is 17.3 Å². The van der Waals surface area contributed by atoms with Crippen LogP contribution in [0.25, 0.3) is 17.2 Å². The van der Waals surface area contributed by atoms with Crippen molar-refractivity contribution < 1.29 is 9.59 Å². The van der Waals surface area contributed by atoms with E-state index in [1.54, 1.807) is 23.4 Å². The molecule has 9 nitrogen and oxygen atoms in total. The number of fused-ring (bicyclic) bond motifs is 1. The van der Waals surface area contributed by atoms with Crippen LogP contribution in [-0.4, -0.2) is 57.7 Å². The van der Waals surface area contributed by atoms with Gasteiger partial charge in [-0.2, -0.15) is 5.26 Å². The minimum atomic E-state index is -0.530. The summed E-state index contributed by atoms with van der Waals surface area (Å²) in [6.07, 6.45) is 4.85. The summed E-state index contributed by atoms with van der Waals surface area (Å²) in [5.74, 6) is 0.247. The van der Waals surface area contributed by atoms with Crippen molar-refractivity contribution in [3.05, 3.63) is 53.4 Å². The first-order chi connectivity index (χ1) is 16.3. The summed E-state index contributed by atoms with van der Waals surface area (Å²) in [5, 5.41) is 15.9. The summed E-state index contributed by atoms with van der Waals surface area (Å²) in [5.41, 5.74) is 2.68. The fourth-order valence-corrected chi connectivity index (χ4v) is 3.69. The maximum absolute atomic E-state index is 12.7. The first-order valence-electron chi connectivity index (χ1n) is 11.1. The molecular weight excluding hydrogens is 430 g/mol.